The first-order valence-electron chi connectivity index (χ1n) is 5.12. The third kappa shape index (κ3) is 2.33. The molecule has 1 aliphatic rings. The Kier molecular flexibility index (Phi) is 2.96. The van der Waals surface area contributed by atoms with Crippen molar-refractivity contribution in [2.24, 2.45) is 0 Å². The number of hydrogen-bond acceptors (Lipinski definition) is 5. The summed E-state index contributed by atoms with van der Waals surface area (Å²) >= 11 is 0. The highest BCUT2D eigenvalue weighted by molar-refractivity contribution is 5.82. The van der Waals surface area contributed by atoms with Gasteiger partial charge in [0.2, 0.25) is 11.8 Å². The molecule has 1 unspecified atom stereocenters. The van der Waals surface area contributed by atoms with Gasteiger partial charge in [-0.15, -0.1) is 0 Å². The third-order valence-electron chi connectivity index (χ3n) is 2.34. The molecular formula is C9H14N4O2. The predicted octanol–water partition coefficient (Wildman–Crippen LogP) is -0.737. The molecule has 0 spiro atoms. The summed E-state index contributed by atoms with van der Waals surface area (Å²) in [6.07, 6.45) is 1.20. The second kappa shape index (κ2) is 4.39. The van der Waals surface area contributed by atoms with Gasteiger partial charge in [-0.05, 0) is 0 Å². The molecule has 2 heterocycles. The Balaban J connectivity index is 1.98. The molecule has 1 saturated heterocycles. The average Bonchev–Trinajstić information content (AvgIpc) is 2.69. The van der Waals surface area contributed by atoms with E-state index < -0.39 is 0 Å². The molecule has 0 bridgehead atoms. The topological polar surface area (TPSA) is 80.0 Å². The largest absolute Gasteiger partial charge is 0.353 e. The van der Waals surface area contributed by atoms with E-state index in [9.17, 15) is 4.79 Å². The molecule has 1 aromatic rings. The number of nitrogens with zero attached hydrogens (tertiary/aromatic N) is 2. The smallest absolute Gasteiger partial charge is 0.237 e. The maximum atomic E-state index is 11.4. The Morgan fingerprint density at radius 2 is 2.40 bits per heavy atom. The van der Waals surface area contributed by atoms with E-state index in [1.165, 1.54) is 0 Å². The van der Waals surface area contributed by atoms with Crippen LogP contribution in [0.1, 0.15) is 18.6 Å². The van der Waals surface area contributed by atoms with Crippen molar-refractivity contribution in [1.82, 2.24) is 20.8 Å². The molecule has 2 N–H and O–H groups in total. The lowest BCUT2D eigenvalue weighted by molar-refractivity contribution is -0.124. The van der Waals surface area contributed by atoms with Crippen LogP contribution in [0.3, 0.4) is 0 Å². The van der Waals surface area contributed by atoms with Gasteiger partial charge in [0, 0.05) is 19.5 Å². The van der Waals surface area contributed by atoms with E-state index in [2.05, 4.69) is 20.8 Å². The highest BCUT2D eigenvalue weighted by atomic mass is 16.5. The van der Waals surface area contributed by atoms with Crippen LogP contribution in [0.15, 0.2) is 4.52 Å². The minimum absolute atomic E-state index is 0.00232. The van der Waals surface area contributed by atoms with Crippen LogP contribution in [-0.4, -0.2) is 35.2 Å². The second-order valence-electron chi connectivity index (χ2n) is 3.46. The van der Waals surface area contributed by atoms with Crippen molar-refractivity contribution in [2.45, 2.75) is 25.8 Å². The highest BCUT2D eigenvalue weighted by Crippen LogP contribution is 2.03. The number of nitrogens with one attached hydrogen (secondary N) is 2. The average molecular weight is 210 g/mol. The van der Waals surface area contributed by atoms with Crippen LogP contribution < -0.4 is 10.6 Å². The monoisotopic (exact) mass is 210 g/mol. The normalized spacial score (nSPS) is 21.4. The standard InChI is InChI=1S/C9H14N4O2/c1-2-7-12-8(15-13-7)5-6-9(14)11-4-3-10-6/h6,10H,2-5H2,1H3,(H,11,14). The van der Waals surface area contributed by atoms with Crippen molar-refractivity contribution >= 4 is 5.91 Å². The SMILES string of the molecule is CCc1noc(CC2NCCNC2=O)n1. The van der Waals surface area contributed by atoms with E-state index >= 15 is 0 Å². The Morgan fingerprint density at radius 1 is 1.53 bits per heavy atom. The zero-order valence-corrected chi connectivity index (χ0v) is 8.62. The number of carbonyl (C=O) groups is 1. The van der Waals surface area contributed by atoms with Gasteiger partial charge in [0.25, 0.3) is 0 Å². The number of rotatable bonds is 3. The number of hydrogen-bond donors (Lipinski definition) is 2. The van der Waals surface area contributed by atoms with Crippen LogP contribution in [0, 0.1) is 0 Å². The molecule has 1 atom stereocenters. The molecule has 0 saturated carbocycles. The van der Waals surface area contributed by atoms with Crippen molar-refractivity contribution in [2.75, 3.05) is 13.1 Å². The van der Waals surface area contributed by atoms with E-state index in [0.717, 1.165) is 13.0 Å². The predicted molar refractivity (Wildman–Crippen MR) is 52.2 cm³/mol. The van der Waals surface area contributed by atoms with Crippen molar-refractivity contribution in [1.29, 1.82) is 0 Å². The van der Waals surface area contributed by atoms with Crippen molar-refractivity contribution < 1.29 is 9.32 Å². The van der Waals surface area contributed by atoms with Crippen LogP contribution in [0.2, 0.25) is 0 Å². The number of piperazine rings is 1. The quantitative estimate of drug-likeness (QED) is 0.687. The summed E-state index contributed by atoms with van der Waals surface area (Å²) < 4.78 is 5.03. The van der Waals surface area contributed by atoms with Gasteiger partial charge in [0.1, 0.15) is 0 Å². The van der Waals surface area contributed by atoms with Gasteiger partial charge in [-0.25, -0.2) is 0 Å². The van der Waals surface area contributed by atoms with Gasteiger partial charge in [-0.2, -0.15) is 4.98 Å². The summed E-state index contributed by atoms with van der Waals surface area (Å²) in [5.74, 6) is 1.19. The Labute approximate surface area is 87.4 Å². The van der Waals surface area contributed by atoms with Crippen LogP contribution in [0.4, 0.5) is 0 Å². The summed E-state index contributed by atoms with van der Waals surface area (Å²) in [6, 6.07) is -0.246. The molecule has 6 nitrogen and oxygen atoms in total. The van der Waals surface area contributed by atoms with Crippen molar-refractivity contribution in [3.8, 4) is 0 Å². The molecule has 1 aromatic heterocycles. The number of amides is 1. The Bertz CT molecular complexity index is 350. The molecule has 82 valence electrons. The van der Waals surface area contributed by atoms with Gasteiger partial charge in [-0.1, -0.05) is 12.1 Å². The second-order valence-corrected chi connectivity index (χ2v) is 3.46. The van der Waals surface area contributed by atoms with Crippen LogP contribution in [0.25, 0.3) is 0 Å². The molecule has 6 heteroatoms. The van der Waals surface area contributed by atoms with Gasteiger partial charge < -0.3 is 15.2 Å². The van der Waals surface area contributed by atoms with Crippen molar-refractivity contribution in [3.05, 3.63) is 11.7 Å². The molecule has 1 fully saturated rings. The highest BCUT2D eigenvalue weighted by Gasteiger charge is 2.23. The Hall–Kier alpha value is -1.43. The number of carbonyl (C=O) groups excluding carboxylic acids is 1. The lowest BCUT2D eigenvalue weighted by Gasteiger charge is -2.21. The molecule has 0 aromatic carbocycles. The number of aromatic nitrogens is 2. The Morgan fingerprint density at radius 3 is 3.07 bits per heavy atom. The lowest BCUT2D eigenvalue weighted by Crippen LogP contribution is -2.53. The molecule has 15 heavy (non-hydrogen) atoms. The maximum absolute atomic E-state index is 11.4. The van der Waals surface area contributed by atoms with Crippen molar-refractivity contribution in [3.63, 3.8) is 0 Å². The first-order chi connectivity index (χ1) is 7.29. The van der Waals surface area contributed by atoms with Gasteiger partial charge in [0.05, 0.1) is 12.5 Å². The van der Waals surface area contributed by atoms with Crippen LogP contribution in [-0.2, 0) is 17.6 Å². The minimum atomic E-state index is -0.246. The lowest BCUT2D eigenvalue weighted by atomic mass is 10.1. The molecule has 2 rings (SSSR count). The molecular weight excluding hydrogens is 196 g/mol. The number of aryl methyl sites for hydroxylation is 1. The maximum Gasteiger partial charge on any atom is 0.237 e. The summed E-state index contributed by atoms with van der Waals surface area (Å²) in [7, 11) is 0. The van der Waals surface area contributed by atoms with E-state index in [4.69, 9.17) is 4.52 Å². The fourth-order valence-corrected chi connectivity index (χ4v) is 1.50. The van der Waals surface area contributed by atoms with Gasteiger partial charge in [0.15, 0.2) is 5.82 Å². The summed E-state index contributed by atoms with van der Waals surface area (Å²) in [5, 5.41) is 9.67. The molecule has 1 amide bonds. The fraction of sp³-hybridized carbons (Fsp3) is 0.667. The minimum Gasteiger partial charge on any atom is -0.353 e. The third-order valence-corrected chi connectivity index (χ3v) is 2.34. The van der Waals surface area contributed by atoms with Crippen LogP contribution >= 0.6 is 0 Å². The molecule has 1 aliphatic heterocycles. The summed E-state index contributed by atoms with van der Waals surface area (Å²) in [4.78, 5) is 15.6. The fourth-order valence-electron chi connectivity index (χ4n) is 1.50. The molecule has 0 radical (unpaired) electrons. The first-order valence-corrected chi connectivity index (χ1v) is 5.12. The van der Waals surface area contributed by atoms with E-state index in [-0.39, 0.29) is 11.9 Å². The zero-order chi connectivity index (χ0) is 10.7. The zero-order valence-electron chi connectivity index (χ0n) is 8.62. The van der Waals surface area contributed by atoms with Crippen LogP contribution in [0.5, 0.6) is 0 Å². The van der Waals surface area contributed by atoms with E-state index in [0.29, 0.717) is 24.7 Å². The van der Waals surface area contributed by atoms with Gasteiger partial charge >= 0.3 is 0 Å². The van der Waals surface area contributed by atoms with E-state index in [1.54, 1.807) is 0 Å². The van der Waals surface area contributed by atoms with E-state index in [1.807, 2.05) is 6.92 Å². The summed E-state index contributed by atoms with van der Waals surface area (Å²) in [5.41, 5.74) is 0. The van der Waals surface area contributed by atoms with Gasteiger partial charge in [-0.3, -0.25) is 4.79 Å². The summed E-state index contributed by atoms with van der Waals surface area (Å²) in [6.45, 7) is 3.42. The molecule has 0 aliphatic carbocycles. The first kappa shape index (κ1) is 10.1.